The molecule has 0 aliphatic carbocycles. The van der Waals surface area contributed by atoms with E-state index in [0.29, 0.717) is 10.0 Å². The highest BCUT2D eigenvalue weighted by molar-refractivity contribution is 6.42. The van der Waals surface area contributed by atoms with E-state index in [1.54, 1.807) is 18.2 Å². The lowest BCUT2D eigenvalue weighted by Gasteiger charge is -2.12. The van der Waals surface area contributed by atoms with Crippen molar-refractivity contribution in [1.29, 1.82) is 0 Å². The molecule has 3 nitrogen and oxygen atoms in total. The van der Waals surface area contributed by atoms with E-state index < -0.39 is 5.97 Å². The Morgan fingerprint density at radius 1 is 1.00 bits per heavy atom. The first-order chi connectivity index (χ1) is 11.4. The molecule has 0 heterocycles. The van der Waals surface area contributed by atoms with Crippen LogP contribution in [0.25, 0.3) is 0 Å². The van der Waals surface area contributed by atoms with Gasteiger partial charge in [0.25, 0.3) is 0 Å². The summed E-state index contributed by atoms with van der Waals surface area (Å²) in [6.45, 7) is 3.77. The minimum Gasteiger partial charge on any atom is -0.486 e. The maximum atomic E-state index is 11.8. The lowest BCUT2D eigenvalue weighted by Crippen LogP contribution is -2.06. The minimum absolute atomic E-state index is 0.101. The van der Waals surface area contributed by atoms with Crippen molar-refractivity contribution in [3.05, 3.63) is 74.2 Å². The van der Waals surface area contributed by atoms with E-state index in [-0.39, 0.29) is 34.6 Å². The molecule has 0 aliphatic heterocycles. The van der Waals surface area contributed by atoms with E-state index in [0.717, 1.165) is 5.56 Å². The highest BCUT2D eigenvalue weighted by atomic mass is 35.5. The molecule has 0 amide bonds. The molecule has 2 rings (SSSR count). The number of halogens is 4. The molecule has 0 aromatic heterocycles. The Hall–Kier alpha value is -1.39. The molecule has 0 aliphatic rings. The fraction of sp³-hybridized carbons (Fsp3) is 0.118. The first kappa shape index (κ1) is 18.9. The van der Waals surface area contributed by atoms with Gasteiger partial charge in [0.05, 0.1) is 25.7 Å². The van der Waals surface area contributed by atoms with Crippen LogP contribution in [0.15, 0.2) is 43.0 Å². The van der Waals surface area contributed by atoms with Gasteiger partial charge in [0.2, 0.25) is 0 Å². The molecule has 0 saturated heterocycles. The van der Waals surface area contributed by atoms with E-state index in [1.807, 2.05) is 0 Å². The van der Waals surface area contributed by atoms with Crippen LogP contribution in [-0.2, 0) is 11.3 Å². The standard InChI is InChI=1S/C17H12Cl4O3/c1-2-5-23-17(22)11-7-14(20)16(15(21)8-11)24-9-10-3-4-12(18)13(19)6-10/h2-4,6-8H,1,5,9H2. The highest BCUT2D eigenvalue weighted by Crippen LogP contribution is 2.35. The molecule has 0 saturated carbocycles. The third-order valence-electron chi connectivity index (χ3n) is 2.93. The second-order valence-corrected chi connectivity index (χ2v) is 6.32. The molecule has 126 valence electrons. The van der Waals surface area contributed by atoms with Crippen molar-refractivity contribution in [2.75, 3.05) is 6.61 Å². The summed E-state index contributed by atoms with van der Waals surface area (Å²) in [5.74, 6) is -0.278. The molecule has 0 bridgehead atoms. The lowest BCUT2D eigenvalue weighted by atomic mass is 10.2. The molecule has 0 unspecified atom stereocenters. The zero-order valence-electron chi connectivity index (χ0n) is 12.3. The molecular weight excluding hydrogens is 394 g/mol. The predicted molar refractivity (Wildman–Crippen MR) is 97.7 cm³/mol. The number of ether oxygens (including phenoxy) is 2. The molecule has 2 aromatic rings. The number of carbonyl (C=O) groups is 1. The Labute approximate surface area is 159 Å². The van der Waals surface area contributed by atoms with Crippen molar-refractivity contribution in [3.8, 4) is 5.75 Å². The van der Waals surface area contributed by atoms with Crippen LogP contribution in [0.5, 0.6) is 5.75 Å². The average molecular weight is 406 g/mol. The van der Waals surface area contributed by atoms with Crippen LogP contribution in [0.4, 0.5) is 0 Å². The molecular formula is C17H12Cl4O3. The van der Waals surface area contributed by atoms with Gasteiger partial charge in [-0.15, -0.1) is 0 Å². The van der Waals surface area contributed by atoms with Crippen molar-refractivity contribution >= 4 is 52.4 Å². The Morgan fingerprint density at radius 2 is 1.67 bits per heavy atom. The summed E-state index contributed by atoms with van der Waals surface area (Å²) < 4.78 is 10.6. The third-order valence-corrected chi connectivity index (χ3v) is 4.23. The quantitative estimate of drug-likeness (QED) is 0.422. The first-order valence-electron chi connectivity index (χ1n) is 6.76. The summed E-state index contributed by atoms with van der Waals surface area (Å²) in [5.41, 5.74) is 1.03. The highest BCUT2D eigenvalue weighted by Gasteiger charge is 2.15. The molecule has 0 radical (unpaired) electrons. The van der Waals surface area contributed by atoms with Crippen molar-refractivity contribution in [2.45, 2.75) is 6.61 Å². The molecule has 2 aromatic carbocycles. The maximum absolute atomic E-state index is 11.8. The minimum atomic E-state index is -0.547. The number of hydrogen-bond acceptors (Lipinski definition) is 3. The Balaban J connectivity index is 2.14. The maximum Gasteiger partial charge on any atom is 0.338 e. The van der Waals surface area contributed by atoms with E-state index in [4.69, 9.17) is 55.9 Å². The molecule has 0 spiro atoms. The molecule has 0 fully saturated rings. The van der Waals surface area contributed by atoms with Gasteiger partial charge in [0.1, 0.15) is 13.2 Å². The van der Waals surface area contributed by atoms with Gasteiger partial charge in [0.15, 0.2) is 5.75 Å². The van der Waals surface area contributed by atoms with Crippen molar-refractivity contribution in [1.82, 2.24) is 0 Å². The van der Waals surface area contributed by atoms with Crippen LogP contribution in [0.3, 0.4) is 0 Å². The second-order valence-electron chi connectivity index (χ2n) is 4.69. The van der Waals surface area contributed by atoms with Gasteiger partial charge in [-0.2, -0.15) is 0 Å². The normalized spacial score (nSPS) is 10.3. The summed E-state index contributed by atoms with van der Waals surface area (Å²) in [5, 5.41) is 1.29. The van der Waals surface area contributed by atoms with Crippen LogP contribution in [0, 0.1) is 0 Å². The second kappa shape index (κ2) is 8.63. The fourth-order valence-electron chi connectivity index (χ4n) is 1.82. The van der Waals surface area contributed by atoms with Gasteiger partial charge < -0.3 is 9.47 Å². The Morgan fingerprint density at radius 3 is 2.25 bits per heavy atom. The topological polar surface area (TPSA) is 35.5 Å². The Kier molecular flexibility index (Phi) is 6.81. The summed E-state index contributed by atoms with van der Waals surface area (Å²) in [6, 6.07) is 8.00. The summed E-state index contributed by atoms with van der Waals surface area (Å²) in [7, 11) is 0. The van der Waals surface area contributed by atoms with Gasteiger partial charge in [-0.3, -0.25) is 0 Å². The summed E-state index contributed by atoms with van der Waals surface area (Å²) in [6.07, 6.45) is 1.47. The summed E-state index contributed by atoms with van der Waals surface area (Å²) in [4.78, 5) is 11.8. The van der Waals surface area contributed by atoms with Crippen LogP contribution in [-0.4, -0.2) is 12.6 Å². The number of carbonyl (C=O) groups excluding carboxylic acids is 1. The first-order valence-corrected chi connectivity index (χ1v) is 8.27. The van der Waals surface area contributed by atoms with Crippen molar-refractivity contribution in [2.24, 2.45) is 0 Å². The number of benzene rings is 2. The number of hydrogen-bond donors (Lipinski definition) is 0. The summed E-state index contributed by atoms with van der Waals surface area (Å²) >= 11 is 24.1. The molecule has 0 atom stereocenters. The molecule has 7 heteroatoms. The lowest BCUT2D eigenvalue weighted by molar-refractivity contribution is 0.0549. The molecule has 24 heavy (non-hydrogen) atoms. The van der Waals surface area contributed by atoms with Gasteiger partial charge >= 0.3 is 5.97 Å². The van der Waals surface area contributed by atoms with Gasteiger partial charge in [-0.1, -0.05) is 65.1 Å². The van der Waals surface area contributed by atoms with Gasteiger partial charge in [0, 0.05) is 0 Å². The smallest absolute Gasteiger partial charge is 0.338 e. The van der Waals surface area contributed by atoms with E-state index >= 15 is 0 Å². The van der Waals surface area contributed by atoms with Gasteiger partial charge in [-0.05, 0) is 29.8 Å². The average Bonchev–Trinajstić information content (AvgIpc) is 2.54. The number of esters is 1. The van der Waals surface area contributed by atoms with Gasteiger partial charge in [-0.25, -0.2) is 4.79 Å². The van der Waals surface area contributed by atoms with E-state index in [1.165, 1.54) is 18.2 Å². The fourth-order valence-corrected chi connectivity index (χ4v) is 2.74. The predicted octanol–water partition coefficient (Wildman–Crippen LogP) is 6.22. The zero-order valence-corrected chi connectivity index (χ0v) is 15.3. The van der Waals surface area contributed by atoms with Crippen LogP contribution >= 0.6 is 46.4 Å². The van der Waals surface area contributed by atoms with Crippen molar-refractivity contribution in [3.63, 3.8) is 0 Å². The van der Waals surface area contributed by atoms with Crippen LogP contribution in [0.2, 0.25) is 20.1 Å². The molecule has 0 N–H and O–H groups in total. The monoisotopic (exact) mass is 404 g/mol. The Bertz CT molecular complexity index is 751. The largest absolute Gasteiger partial charge is 0.486 e. The zero-order chi connectivity index (χ0) is 17.7. The third kappa shape index (κ3) is 4.81. The van der Waals surface area contributed by atoms with Crippen molar-refractivity contribution < 1.29 is 14.3 Å². The van der Waals surface area contributed by atoms with E-state index in [9.17, 15) is 4.79 Å². The van der Waals surface area contributed by atoms with Crippen LogP contribution in [0.1, 0.15) is 15.9 Å². The van der Waals surface area contributed by atoms with E-state index in [2.05, 4.69) is 6.58 Å². The SMILES string of the molecule is C=CCOC(=O)c1cc(Cl)c(OCc2ccc(Cl)c(Cl)c2)c(Cl)c1. The number of rotatable bonds is 6. The van der Waals surface area contributed by atoms with Crippen LogP contribution < -0.4 is 4.74 Å².